The number of pyridine rings is 1. The number of aromatic nitrogens is 3. The van der Waals surface area contributed by atoms with Crippen molar-refractivity contribution in [1.82, 2.24) is 14.6 Å². The highest BCUT2D eigenvalue weighted by Gasteiger charge is 2.28. The van der Waals surface area contributed by atoms with Gasteiger partial charge in [0.1, 0.15) is 5.82 Å². The van der Waals surface area contributed by atoms with Crippen LogP contribution in [0, 0.1) is 0 Å². The molecule has 5 heteroatoms. The molecular formula is C11H14N4O. The van der Waals surface area contributed by atoms with Crippen molar-refractivity contribution < 1.29 is 5.11 Å². The van der Waals surface area contributed by atoms with Gasteiger partial charge in [-0.15, -0.1) is 10.2 Å². The van der Waals surface area contributed by atoms with Crippen molar-refractivity contribution in [3.8, 4) is 0 Å². The number of aliphatic hydroxyl groups is 1. The van der Waals surface area contributed by atoms with E-state index in [4.69, 9.17) is 5.73 Å². The highest BCUT2D eigenvalue weighted by molar-refractivity contribution is 5.41. The Labute approximate surface area is 92.9 Å². The highest BCUT2D eigenvalue weighted by Crippen LogP contribution is 2.39. The van der Waals surface area contributed by atoms with E-state index < -0.39 is 6.10 Å². The molecule has 1 aliphatic carbocycles. The molecule has 0 bridgehead atoms. The second kappa shape index (κ2) is 3.54. The lowest BCUT2D eigenvalue weighted by Gasteiger charge is -2.08. The number of rotatable bonds is 3. The molecule has 3 rings (SSSR count). The third-order valence-corrected chi connectivity index (χ3v) is 3.00. The first-order valence-corrected chi connectivity index (χ1v) is 5.52. The maximum Gasteiger partial charge on any atom is 0.160 e. The summed E-state index contributed by atoms with van der Waals surface area (Å²) in [5.74, 6) is 1.54. The summed E-state index contributed by atoms with van der Waals surface area (Å²) < 4.78 is 1.96. The maximum absolute atomic E-state index is 9.69. The van der Waals surface area contributed by atoms with E-state index in [0.29, 0.717) is 5.92 Å². The smallest absolute Gasteiger partial charge is 0.160 e. The van der Waals surface area contributed by atoms with Gasteiger partial charge >= 0.3 is 0 Å². The first kappa shape index (κ1) is 9.74. The van der Waals surface area contributed by atoms with Crippen molar-refractivity contribution >= 4 is 5.65 Å². The van der Waals surface area contributed by atoms with Crippen molar-refractivity contribution in [3.05, 3.63) is 29.7 Å². The zero-order valence-electron chi connectivity index (χ0n) is 8.87. The van der Waals surface area contributed by atoms with Crippen molar-refractivity contribution in [2.24, 2.45) is 5.73 Å². The van der Waals surface area contributed by atoms with Gasteiger partial charge in [0, 0.05) is 18.7 Å². The van der Waals surface area contributed by atoms with Gasteiger partial charge in [0.2, 0.25) is 0 Å². The molecule has 3 N–H and O–H groups in total. The van der Waals surface area contributed by atoms with Gasteiger partial charge in [-0.3, -0.25) is 4.40 Å². The molecular weight excluding hydrogens is 204 g/mol. The lowest BCUT2D eigenvalue weighted by Crippen LogP contribution is -2.12. The van der Waals surface area contributed by atoms with Gasteiger partial charge in [-0.05, 0) is 24.5 Å². The molecule has 1 saturated carbocycles. The minimum absolute atomic E-state index is 0.229. The zero-order chi connectivity index (χ0) is 11.1. The first-order chi connectivity index (χ1) is 7.79. The van der Waals surface area contributed by atoms with Crippen molar-refractivity contribution in [1.29, 1.82) is 0 Å². The number of aliphatic hydroxyl groups excluding tert-OH is 1. The van der Waals surface area contributed by atoms with E-state index in [0.717, 1.165) is 17.0 Å². The standard InChI is InChI=1S/C11H14N4O/c12-5-9(16)8-3-4-10-13-14-11(7-1-2-7)15(10)6-8/h3-4,6-7,9,16H,1-2,5,12H2. The second-order valence-electron chi connectivity index (χ2n) is 4.27. The van der Waals surface area contributed by atoms with Gasteiger partial charge in [0.15, 0.2) is 5.65 Å². The average molecular weight is 218 g/mol. The quantitative estimate of drug-likeness (QED) is 0.791. The molecule has 2 aromatic rings. The number of hydrogen-bond acceptors (Lipinski definition) is 4. The lowest BCUT2D eigenvalue weighted by atomic mass is 10.1. The summed E-state index contributed by atoms with van der Waals surface area (Å²) in [7, 11) is 0. The third kappa shape index (κ3) is 1.48. The van der Waals surface area contributed by atoms with Crippen LogP contribution in [0.5, 0.6) is 0 Å². The van der Waals surface area contributed by atoms with E-state index >= 15 is 0 Å². The Morgan fingerprint density at radius 2 is 2.25 bits per heavy atom. The van der Waals surface area contributed by atoms with Gasteiger partial charge in [-0.1, -0.05) is 6.07 Å². The fourth-order valence-electron chi connectivity index (χ4n) is 1.88. The van der Waals surface area contributed by atoms with Gasteiger partial charge in [0.25, 0.3) is 0 Å². The normalized spacial score (nSPS) is 17.9. The molecule has 2 aromatic heterocycles. The van der Waals surface area contributed by atoms with Crippen LogP contribution >= 0.6 is 0 Å². The Kier molecular flexibility index (Phi) is 2.15. The molecule has 84 valence electrons. The van der Waals surface area contributed by atoms with Crippen LogP contribution in [0.15, 0.2) is 18.3 Å². The number of nitrogens with zero attached hydrogens (tertiary/aromatic N) is 3. The third-order valence-electron chi connectivity index (χ3n) is 3.00. The van der Waals surface area contributed by atoms with Crippen LogP contribution in [0.3, 0.4) is 0 Å². The highest BCUT2D eigenvalue weighted by atomic mass is 16.3. The molecule has 0 aliphatic heterocycles. The SMILES string of the molecule is NCC(O)c1ccc2nnc(C3CC3)n2c1. The minimum atomic E-state index is -0.612. The Hall–Kier alpha value is -1.46. The first-order valence-electron chi connectivity index (χ1n) is 5.52. The van der Waals surface area contributed by atoms with Crippen LogP contribution in [0.25, 0.3) is 5.65 Å². The van der Waals surface area contributed by atoms with Crippen LogP contribution in [0.4, 0.5) is 0 Å². The molecule has 0 amide bonds. The number of fused-ring (bicyclic) bond motifs is 1. The fraction of sp³-hybridized carbons (Fsp3) is 0.455. The Bertz CT molecular complexity index is 518. The summed E-state index contributed by atoms with van der Waals surface area (Å²) >= 11 is 0. The lowest BCUT2D eigenvalue weighted by molar-refractivity contribution is 0.186. The molecule has 1 aliphatic rings. The molecule has 5 nitrogen and oxygen atoms in total. The molecule has 0 saturated heterocycles. The molecule has 1 atom stereocenters. The molecule has 1 fully saturated rings. The van der Waals surface area contributed by atoms with E-state index in [1.165, 1.54) is 12.8 Å². The van der Waals surface area contributed by atoms with Crippen LogP contribution in [0.1, 0.15) is 36.3 Å². The molecule has 1 unspecified atom stereocenters. The summed E-state index contributed by atoms with van der Waals surface area (Å²) in [5, 5.41) is 18.0. The van der Waals surface area contributed by atoms with E-state index in [2.05, 4.69) is 10.2 Å². The summed E-state index contributed by atoms with van der Waals surface area (Å²) in [6.45, 7) is 0.229. The summed E-state index contributed by atoms with van der Waals surface area (Å²) in [4.78, 5) is 0. The zero-order valence-corrected chi connectivity index (χ0v) is 8.87. The van der Waals surface area contributed by atoms with Crippen LogP contribution in [-0.2, 0) is 0 Å². The average Bonchev–Trinajstić information content (AvgIpc) is 3.08. The molecule has 0 radical (unpaired) electrons. The van der Waals surface area contributed by atoms with Crippen LogP contribution in [0.2, 0.25) is 0 Å². The maximum atomic E-state index is 9.69. The van der Waals surface area contributed by atoms with Gasteiger partial charge in [-0.25, -0.2) is 0 Å². The minimum Gasteiger partial charge on any atom is -0.387 e. The Morgan fingerprint density at radius 3 is 2.94 bits per heavy atom. The Morgan fingerprint density at radius 1 is 1.44 bits per heavy atom. The Balaban J connectivity index is 2.10. The van der Waals surface area contributed by atoms with Gasteiger partial charge in [0.05, 0.1) is 6.10 Å². The molecule has 2 heterocycles. The van der Waals surface area contributed by atoms with Crippen LogP contribution in [-0.4, -0.2) is 26.2 Å². The van der Waals surface area contributed by atoms with Gasteiger partial charge in [-0.2, -0.15) is 0 Å². The van der Waals surface area contributed by atoms with E-state index in [9.17, 15) is 5.11 Å². The largest absolute Gasteiger partial charge is 0.387 e. The molecule has 0 spiro atoms. The van der Waals surface area contributed by atoms with E-state index in [1.807, 2.05) is 22.7 Å². The number of hydrogen-bond donors (Lipinski definition) is 2. The molecule has 16 heavy (non-hydrogen) atoms. The monoisotopic (exact) mass is 218 g/mol. The van der Waals surface area contributed by atoms with Crippen molar-refractivity contribution in [2.45, 2.75) is 24.9 Å². The van der Waals surface area contributed by atoms with E-state index in [-0.39, 0.29) is 6.54 Å². The second-order valence-corrected chi connectivity index (χ2v) is 4.27. The summed E-state index contributed by atoms with van der Waals surface area (Å²) in [6.07, 6.45) is 3.65. The van der Waals surface area contributed by atoms with Gasteiger partial charge < -0.3 is 10.8 Å². The summed E-state index contributed by atoms with van der Waals surface area (Å²) in [6, 6.07) is 3.71. The fourth-order valence-corrected chi connectivity index (χ4v) is 1.88. The molecule has 0 aromatic carbocycles. The predicted molar refractivity (Wildman–Crippen MR) is 59.0 cm³/mol. The topological polar surface area (TPSA) is 76.4 Å². The van der Waals surface area contributed by atoms with Crippen molar-refractivity contribution in [3.63, 3.8) is 0 Å². The summed E-state index contributed by atoms with van der Waals surface area (Å²) in [5.41, 5.74) is 7.09. The van der Waals surface area contributed by atoms with Crippen LogP contribution < -0.4 is 5.73 Å². The van der Waals surface area contributed by atoms with Crippen molar-refractivity contribution in [2.75, 3.05) is 6.54 Å². The number of nitrogens with two attached hydrogens (primary N) is 1. The van der Waals surface area contributed by atoms with E-state index in [1.54, 1.807) is 0 Å². The predicted octanol–water partition coefficient (Wildman–Crippen LogP) is 0.599.